The third-order valence-corrected chi connectivity index (χ3v) is 4.50. The first-order valence-corrected chi connectivity index (χ1v) is 9.14. The van der Waals surface area contributed by atoms with Crippen LogP contribution in [-0.4, -0.2) is 25.6 Å². The summed E-state index contributed by atoms with van der Waals surface area (Å²) in [6.07, 6.45) is 2.53. The van der Waals surface area contributed by atoms with Gasteiger partial charge in [0.25, 0.3) is 5.91 Å². The molecule has 0 bridgehead atoms. The number of hydrogen-bond acceptors (Lipinski definition) is 5. The van der Waals surface area contributed by atoms with E-state index < -0.39 is 5.97 Å². The van der Waals surface area contributed by atoms with Crippen LogP contribution in [-0.2, 0) is 33.7 Å². The minimum absolute atomic E-state index is 0.0538. The molecule has 146 valence electrons. The monoisotopic (exact) mass is 381 g/mol. The summed E-state index contributed by atoms with van der Waals surface area (Å²) < 4.78 is 15.9. The van der Waals surface area contributed by atoms with Gasteiger partial charge >= 0.3 is 5.97 Å². The summed E-state index contributed by atoms with van der Waals surface area (Å²) in [6, 6.07) is 13.3. The van der Waals surface area contributed by atoms with E-state index in [1.165, 1.54) is 5.56 Å². The average molecular weight is 381 g/mol. The third-order valence-electron chi connectivity index (χ3n) is 4.50. The van der Waals surface area contributed by atoms with Crippen LogP contribution in [0.1, 0.15) is 23.6 Å². The van der Waals surface area contributed by atoms with Gasteiger partial charge in [0, 0.05) is 23.1 Å². The van der Waals surface area contributed by atoms with E-state index in [9.17, 15) is 9.59 Å². The lowest BCUT2D eigenvalue weighted by atomic mass is 10.1. The molecule has 1 amide bonds. The molecule has 28 heavy (non-hydrogen) atoms. The topological polar surface area (TPSA) is 77.8 Å². The molecule has 1 aromatic heterocycles. The maximum absolute atomic E-state index is 12.1. The molecule has 1 N–H and O–H groups in total. The van der Waals surface area contributed by atoms with Crippen LogP contribution < -0.4 is 10.1 Å². The normalized spacial score (nSPS) is 10.6. The zero-order chi connectivity index (χ0) is 19.9. The van der Waals surface area contributed by atoms with E-state index in [1.807, 2.05) is 42.5 Å². The molecule has 0 aliphatic heterocycles. The van der Waals surface area contributed by atoms with Crippen molar-refractivity contribution in [3.63, 3.8) is 0 Å². The highest BCUT2D eigenvalue weighted by molar-refractivity contribution is 5.87. The molecular weight excluding hydrogens is 358 g/mol. The number of rotatable bonds is 8. The van der Waals surface area contributed by atoms with Crippen LogP contribution in [0.3, 0.4) is 0 Å². The van der Waals surface area contributed by atoms with Gasteiger partial charge in [-0.3, -0.25) is 9.59 Å². The average Bonchev–Trinajstić information content (AvgIpc) is 3.12. The van der Waals surface area contributed by atoms with Crippen LogP contribution in [0.4, 0.5) is 0 Å². The van der Waals surface area contributed by atoms with Gasteiger partial charge in [-0.25, -0.2) is 0 Å². The van der Waals surface area contributed by atoms with E-state index in [-0.39, 0.29) is 18.9 Å². The van der Waals surface area contributed by atoms with E-state index in [0.29, 0.717) is 12.3 Å². The largest absolute Gasteiger partial charge is 0.496 e. The summed E-state index contributed by atoms with van der Waals surface area (Å²) in [5, 5.41) is 3.60. The third kappa shape index (κ3) is 4.71. The zero-order valence-electron chi connectivity index (χ0n) is 16.0. The molecular formula is C22H23NO5. The quantitative estimate of drug-likeness (QED) is 0.605. The molecule has 0 saturated carbocycles. The molecule has 0 spiro atoms. The van der Waals surface area contributed by atoms with E-state index >= 15 is 0 Å². The highest BCUT2D eigenvalue weighted by Crippen LogP contribution is 2.23. The summed E-state index contributed by atoms with van der Waals surface area (Å²) >= 11 is 0. The van der Waals surface area contributed by atoms with Crippen LogP contribution >= 0.6 is 0 Å². The molecule has 0 aliphatic rings. The van der Waals surface area contributed by atoms with Crippen LogP contribution in [0, 0.1) is 0 Å². The summed E-state index contributed by atoms with van der Waals surface area (Å²) in [5.41, 5.74) is 3.51. The fourth-order valence-electron chi connectivity index (χ4n) is 2.93. The fraction of sp³-hybridized carbons (Fsp3) is 0.273. The Balaban J connectivity index is 1.49. The number of nitrogens with one attached hydrogen (secondary N) is 1. The molecule has 3 rings (SSSR count). The minimum atomic E-state index is -0.477. The highest BCUT2D eigenvalue weighted by Gasteiger charge is 2.13. The Labute approximate surface area is 163 Å². The number of methoxy groups -OCH3 is 1. The number of aryl methyl sites for hydroxylation is 1. The van der Waals surface area contributed by atoms with E-state index in [4.69, 9.17) is 13.9 Å². The first kappa shape index (κ1) is 19.5. The molecule has 0 saturated heterocycles. The van der Waals surface area contributed by atoms with Gasteiger partial charge in [0.1, 0.15) is 11.3 Å². The first-order valence-electron chi connectivity index (χ1n) is 9.14. The second kappa shape index (κ2) is 9.08. The van der Waals surface area contributed by atoms with Gasteiger partial charge in [-0.05, 0) is 24.1 Å². The van der Waals surface area contributed by atoms with E-state index in [2.05, 4.69) is 12.2 Å². The van der Waals surface area contributed by atoms with Crippen molar-refractivity contribution in [3.8, 4) is 5.75 Å². The van der Waals surface area contributed by atoms with Gasteiger partial charge in [-0.2, -0.15) is 0 Å². The standard InChI is InChI=1S/C22H23NO5/c1-3-15-8-9-18-17(13-27-20(18)10-15)11-22(25)28-14-21(24)23-12-16-6-4-5-7-19(16)26-2/h4-10,13H,3,11-12,14H2,1-2H3,(H,23,24). The van der Waals surface area contributed by atoms with Crippen LogP contribution in [0.15, 0.2) is 53.1 Å². The first-order chi connectivity index (χ1) is 13.6. The Morgan fingerprint density at radius 2 is 1.93 bits per heavy atom. The predicted molar refractivity (Wildman–Crippen MR) is 105 cm³/mol. The second-order valence-electron chi connectivity index (χ2n) is 6.37. The Hall–Kier alpha value is -3.28. The smallest absolute Gasteiger partial charge is 0.310 e. The number of ether oxygens (including phenoxy) is 2. The number of carbonyl (C=O) groups is 2. The van der Waals surface area contributed by atoms with Crippen molar-refractivity contribution in [2.24, 2.45) is 0 Å². The number of esters is 1. The van der Waals surface area contributed by atoms with Crippen molar-refractivity contribution >= 4 is 22.8 Å². The van der Waals surface area contributed by atoms with Crippen molar-refractivity contribution < 1.29 is 23.5 Å². The number of carbonyl (C=O) groups excluding carboxylic acids is 2. The molecule has 0 aliphatic carbocycles. The Morgan fingerprint density at radius 1 is 1.11 bits per heavy atom. The summed E-state index contributed by atoms with van der Waals surface area (Å²) in [6.45, 7) is 2.04. The Bertz CT molecular complexity index is 976. The molecule has 0 fully saturated rings. The molecule has 1 heterocycles. The van der Waals surface area contributed by atoms with Crippen molar-refractivity contribution in [3.05, 3.63) is 65.4 Å². The van der Waals surface area contributed by atoms with Crippen molar-refractivity contribution in [1.29, 1.82) is 0 Å². The molecule has 6 heteroatoms. The lowest BCUT2D eigenvalue weighted by Crippen LogP contribution is -2.28. The number of para-hydroxylation sites is 1. The number of fused-ring (bicyclic) bond motifs is 1. The SMILES string of the molecule is CCc1ccc2c(CC(=O)OCC(=O)NCc3ccccc3OC)coc2c1. The molecule has 0 radical (unpaired) electrons. The van der Waals surface area contributed by atoms with Gasteiger partial charge in [-0.1, -0.05) is 37.3 Å². The number of hydrogen-bond donors (Lipinski definition) is 1. The highest BCUT2D eigenvalue weighted by atomic mass is 16.5. The fourth-order valence-corrected chi connectivity index (χ4v) is 2.93. The molecule has 0 unspecified atom stereocenters. The van der Waals surface area contributed by atoms with Gasteiger partial charge in [0.2, 0.25) is 0 Å². The molecule has 6 nitrogen and oxygen atoms in total. The van der Waals surface area contributed by atoms with Gasteiger partial charge in [0.05, 0.1) is 19.8 Å². The van der Waals surface area contributed by atoms with Gasteiger partial charge < -0.3 is 19.2 Å². The van der Waals surface area contributed by atoms with Crippen LogP contribution in [0.25, 0.3) is 11.0 Å². The maximum Gasteiger partial charge on any atom is 0.310 e. The lowest BCUT2D eigenvalue weighted by Gasteiger charge is -2.09. The summed E-state index contributed by atoms with van der Waals surface area (Å²) in [4.78, 5) is 24.1. The van der Waals surface area contributed by atoms with Crippen LogP contribution in [0.5, 0.6) is 5.75 Å². The number of furan rings is 1. The second-order valence-corrected chi connectivity index (χ2v) is 6.37. The summed E-state index contributed by atoms with van der Waals surface area (Å²) in [7, 11) is 1.57. The molecule has 0 atom stereocenters. The number of amides is 1. The minimum Gasteiger partial charge on any atom is -0.496 e. The van der Waals surface area contributed by atoms with Gasteiger partial charge in [0.15, 0.2) is 6.61 Å². The lowest BCUT2D eigenvalue weighted by molar-refractivity contribution is -0.147. The van der Waals surface area contributed by atoms with E-state index in [0.717, 1.165) is 28.5 Å². The van der Waals surface area contributed by atoms with Crippen molar-refractivity contribution in [1.82, 2.24) is 5.32 Å². The maximum atomic E-state index is 12.1. The predicted octanol–water partition coefficient (Wildman–Crippen LogP) is 3.41. The van der Waals surface area contributed by atoms with Crippen molar-refractivity contribution in [2.45, 2.75) is 26.3 Å². The zero-order valence-corrected chi connectivity index (χ0v) is 16.0. The summed E-state index contributed by atoms with van der Waals surface area (Å²) in [5.74, 6) is -0.156. The molecule has 3 aromatic rings. The van der Waals surface area contributed by atoms with Crippen molar-refractivity contribution in [2.75, 3.05) is 13.7 Å². The van der Waals surface area contributed by atoms with E-state index in [1.54, 1.807) is 13.4 Å². The Kier molecular flexibility index (Phi) is 6.32. The van der Waals surface area contributed by atoms with Gasteiger partial charge in [-0.15, -0.1) is 0 Å². The number of benzene rings is 2. The Morgan fingerprint density at radius 3 is 2.71 bits per heavy atom. The van der Waals surface area contributed by atoms with Crippen LogP contribution in [0.2, 0.25) is 0 Å². The molecule has 2 aromatic carbocycles.